The van der Waals surface area contributed by atoms with E-state index in [-0.39, 0.29) is 24.3 Å². The topological polar surface area (TPSA) is 86.9 Å². The van der Waals surface area contributed by atoms with E-state index in [1.165, 1.54) is 6.21 Å². The van der Waals surface area contributed by atoms with Gasteiger partial charge in [-0.3, -0.25) is 14.5 Å². The number of amides is 2. The fraction of sp³-hybridized carbons (Fsp3) is 0.350. The minimum Gasteiger partial charge on any atom is -0.460 e. The second kappa shape index (κ2) is 9.91. The molecule has 0 aliphatic carbocycles. The molecule has 7 nitrogen and oxygen atoms in total. The summed E-state index contributed by atoms with van der Waals surface area (Å²) >= 11 is 12.0. The number of rotatable bonds is 6. The summed E-state index contributed by atoms with van der Waals surface area (Å²) in [7, 11) is 0. The molecule has 1 saturated heterocycles. The second-order valence-corrected chi connectivity index (χ2v) is 7.77. The molecule has 1 fully saturated rings. The van der Waals surface area contributed by atoms with Crippen molar-refractivity contribution in [3.05, 3.63) is 51.9 Å². The standard InChI is InChI=1S/C20H22Cl2N4O3/c1-13-4-6-16(29-13)10-23-25-20(28)14-3-2-8-26(11-14)12-19(27)24-18-9-15(21)5-7-17(18)22/h4-7,9-10,14H,2-3,8,11-12H2,1H3,(H,24,27)(H,25,28)/b23-10-/t14-/m0/s1. The van der Waals surface area contributed by atoms with E-state index in [0.29, 0.717) is 28.0 Å². The number of carbonyl (C=O) groups is 2. The number of hydrogen-bond acceptors (Lipinski definition) is 5. The van der Waals surface area contributed by atoms with Gasteiger partial charge < -0.3 is 9.73 Å². The molecule has 0 saturated carbocycles. The lowest BCUT2D eigenvalue weighted by Gasteiger charge is -2.31. The first-order chi connectivity index (χ1) is 13.9. The summed E-state index contributed by atoms with van der Waals surface area (Å²) in [4.78, 5) is 26.7. The van der Waals surface area contributed by atoms with Gasteiger partial charge in [-0.2, -0.15) is 5.10 Å². The molecule has 9 heteroatoms. The Labute approximate surface area is 179 Å². The molecule has 1 aromatic heterocycles. The van der Waals surface area contributed by atoms with Crippen LogP contribution in [0.25, 0.3) is 0 Å². The van der Waals surface area contributed by atoms with Gasteiger partial charge in [0.15, 0.2) is 0 Å². The lowest BCUT2D eigenvalue weighted by atomic mass is 9.97. The molecular formula is C20H22Cl2N4O3. The van der Waals surface area contributed by atoms with Gasteiger partial charge in [-0.15, -0.1) is 0 Å². The third-order valence-corrected chi connectivity index (χ3v) is 5.14. The number of piperidine rings is 1. The van der Waals surface area contributed by atoms with Crippen LogP contribution in [0.5, 0.6) is 0 Å². The molecule has 1 atom stereocenters. The molecule has 1 aliphatic rings. The average molecular weight is 437 g/mol. The van der Waals surface area contributed by atoms with Crippen molar-refractivity contribution in [1.82, 2.24) is 10.3 Å². The maximum absolute atomic E-state index is 12.4. The lowest BCUT2D eigenvalue weighted by Crippen LogP contribution is -2.44. The number of likely N-dealkylation sites (tertiary alicyclic amines) is 1. The van der Waals surface area contributed by atoms with E-state index in [1.54, 1.807) is 24.3 Å². The molecule has 1 aliphatic heterocycles. The van der Waals surface area contributed by atoms with Crippen LogP contribution in [0.4, 0.5) is 5.69 Å². The van der Waals surface area contributed by atoms with Crippen LogP contribution in [0.3, 0.4) is 0 Å². The molecule has 2 N–H and O–H groups in total. The summed E-state index contributed by atoms with van der Waals surface area (Å²) in [5.41, 5.74) is 3.02. The molecule has 0 bridgehead atoms. The number of anilines is 1. The summed E-state index contributed by atoms with van der Waals surface area (Å²) < 4.78 is 5.37. The minimum absolute atomic E-state index is 0.168. The van der Waals surface area contributed by atoms with Gasteiger partial charge in [0.2, 0.25) is 11.8 Å². The smallest absolute Gasteiger partial charge is 0.244 e. The zero-order chi connectivity index (χ0) is 20.8. The van der Waals surface area contributed by atoms with Gasteiger partial charge in [0.05, 0.1) is 29.4 Å². The maximum Gasteiger partial charge on any atom is 0.244 e. The normalized spacial score (nSPS) is 17.4. The van der Waals surface area contributed by atoms with E-state index in [9.17, 15) is 9.59 Å². The van der Waals surface area contributed by atoms with Crippen molar-refractivity contribution in [1.29, 1.82) is 0 Å². The summed E-state index contributed by atoms with van der Waals surface area (Å²) in [6.07, 6.45) is 3.04. The summed E-state index contributed by atoms with van der Waals surface area (Å²) in [6, 6.07) is 8.49. The van der Waals surface area contributed by atoms with Gasteiger partial charge >= 0.3 is 0 Å². The first-order valence-corrected chi connectivity index (χ1v) is 10.0. The molecule has 1 aromatic carbocycles. The number of hydrazone groups is 1. The Morgan fingerprint density at radius 1 is 1.31 bits per heavy atom. The van der Waals surface area contributed by atoms with E-state index < -0.39 is 0 Å². The van der Waals surface area contributed by atoms with Crippen LogP contribution in [0.2, 0.25) is 10.0 Å². The molecule has 2 heterocycles. The van der Waals surface area contributed by atoms with Gasteiger partial charge in [0.1, 0.15) is 11.5 Å². The Hall–Kier alpha value is -2.35. The Morgan fingerprint density at radius 3 is 2.90 bits per heavy atom. The van der Waals surface area contributed by atoms with E-state index in [2.05, 4.69) is 15.8 Å². The highest BCUT2D eigenvalue weighted by molar-refractivity contribution is 6.35. The number of nitrogens with one attached hydrogen (secondary N) is 2. The second-order valence-electron chi connectivity index (χ2n) is 6.93. The number of furan rings is 1. The van der Waals surface area contributed by atoms with Crippen LogP contribution in [-0.2, 0) is 9.59 Å². The number of halogens is 2. The van der Waals surface area contributed by atoms with Gasteiger partial charge in [-0.05, 0) is 56.6 Å². The number of hydrogen-bond donors (Lipinski definition) is 2. The predicted octanol–water partition coefficient (Wildman–Crippen LogP) is 3.70. The zero-order valence-electron chi connectivity index (χ0n) is 16.0. The van der Waals surface area contributed by atoms with Crippen molar-refractivity contribution in [2.75, 3.05) is 25.0 Å². The van der Waals surface area contributed by atoms with Gasteiger partial charge in [-0.1, -0.05) is 23.2 Å². The zero-order valence-corrected chi connectivity index (χ0v) is 17.5. The van der Waals surface area contributed by atoms with Crippen molar-refractivity contribution in [2.45, 2.75) is 19.8 Å². The minimum atomic E-state index is -0.234. The third-order valence-electron chi connectivity index (χ3n) is 4.57. The van der Waals surface area contributed by atoms with Crippen molar-refractivity contribution >= 4 is 46.9 Å². The van der Waals surface area contributed by atoms with Crippen molar-refractivity contribution in [3.8, 4) is 0 Å². The Kier molecular flexibility index (Phi) is 7.30. The predicted molar refractivity (Wildman–Crippen MR) is 113 cm³/mol. The van der Waals surface area contributed by atoms with Crippen LogP contribution in [-0.4, -0.2) is 42.6 Å². The molecule has 154 valence electrons. The molecule has 0 radical (unpaired) electrons. The Bertz CT molecular complexity index is 913. The first-order valence-electron chi connectivity index (χ1n) is 9.27. The molecule has 0 unspecified atom stereocenters. The first kappa shape index (κ1) is 21.4. The van der Waals surface area contributed by atoms with E-state index in [1.807, 2.05) is 17.9 Å². The van der Waals surface area contributed by atoms with E-state index in [0.717, 1.165) is 25.1 Å². The van der Waals surface area contributed by atoms with E-state index in [4.69, 9.17) is 27.6 Å². The maximum atomic E-state index is 12.4. The number of nitrogens with zero attached hydrogens (tertiary/aromatic N) is 2. The van der Waals surface area contributed by atoms with Gasteiger partial charge in [-0.25, -0.2) is 5.43 Å². The number of benzene rings is 1. The van der Waals surface area contributed by atoms with Gasteiger partial charge in [0, 0.05) is 11.6 Å². The highest BCUT2D eigenvalue weighted by atomic mass is 35.5. The lowest BCUT2D eigenvalue weighted by molar-refractivity contribution is -0.127. The SMILES string of the molecule is Cc1ccc(/C=N\NC(=O)[C@H]2CCCN(CC(=O)Nc3cc(Cl)ccc3Cl)C2)o1. The van der Waals surface area contributed by atoms with Crippen molar-refractivity contribution < 1.29 is 14.0 Å². The highest BCUT2D eigenvalue weighted by Gasteiger charge is 2.26. The summed E-state index contributed by atoms with van der Waals surface area (Å²) in [5.74, 6) is 0.734. The van der Waals surface area contributed by atoms with Crippen molar-refractivity contribution in [2.24, 2.45) is 11.0 Å². The van der Waals surface area contributed by atoms with Crippen LogP contribution in [0.1, 0.15) is 24.4 Å². The average Bonchev–Trinajstić information content (AvgIpc) is 3.10. The van der Waals surface area contributed by atoms with E-state index >= 15 is 0 Å². The molecular weight excluding hydrogens is 415 g/mol. The number of carbonyl (C=O) groups excluding carboxylic acids is 2. The largest absolute Gasteiger partial charge is 0.460 e. The number of aryl methyl sites for hydroxylation is 1. The third kappa shape index (κ3) is 6.32. The van der Waals surface area contributed by atoms with Gasteiger partial charge in [0.25, 0.3) is 0 Å². The summed E-state index contributed by atoms with van der Waals surface area (Å²) in [6.45, 7) is 3.23. The summed E-state index contributed by atoms with van der Waals surface area (Å²) in [5, 5.41) is 7.62. The molecule has 0 spiro atoms. The Morgan fingerprint density at radius 2 is 2.14 bits per heavy atom. The molecule has 2 aromatic rings. The Balaban J connectivity index is 1.49. The van der Waals surface area contributed by atoms with Crippen LogP contribution in [0, 0.1) is 12.8 Å². The van der Waals surface area contributed by atoms with Crippen LogP contribution >= 0.6 is 23.2 Å². The highest BCUT2D eigenvalue weighted by Crippen LogP contribution is 2.25. The molecule has 29 heavy (non-hydrogen) atoms. The quantitative estimate of drug-likeness (QED) is 0.533. The van der Waals surface area contributed by atoms with Crippen LogP contribution in [0.15, 0.2) is 39.9 Å². The fourth-order valence-corrected chi connectivity index (χ4v) is 3.51. The van der Waals surface area contributed by atoms with Crippen LogP contribution < -0.4 is 10.7 Å². The molecule has 3 rings (SSSR count). The molecule has 2 amide bonds. The van der Waals surface area contributed by atoms with Crippen molar-refractivity contribution in [3.63, 3.8) is 0 Å². The fourth-order valence-electron chi connectivity index (χ4n) is 3.17. The monoisotopic (exact) mass is 436 g/mol.